The van der Waals surface area contributed by atoms with Crippen molar-refractivity contribution < 1.29 is 24.2 Å². The highest BCUT2D eigenvalue weighted by atomic mass is 35.5. The molecular formula is C14H13ClO5. The Morgan fingerprint density at radius 2 is 1.90 bits per heavy atom. The number of carbonyl (C=O) groups is 2. The summed E-state index contributed by atoms with van der Waals surface area (Å²) in [5, 5.41) is 8.44. The Morgan fingerprint density at radius 3 is 2.45 bits per heavy atom. The molecule has 6 heteroatoms. The summed E-state index contributed by atoms with van der Waals surface area (Å²) in [6.07, 6.45) is 2.48. The molecule has 0 bridgehead atoms. The van der Waals surface area contributed by atoms with E-state index in [2.05, 4.69) is 4.74 Å². The van der Waals surface area contributed by atoms with Gasteiger partial charge in [-0.3, -0.25) is 0 Å². The van der Waals surface area contributed by atoms with Crippen molar-refractivity contribution in [1.82, 2.24) is 0 Å². The SMILES string of the molecule is CO/C=C(/C(=O)OC)c1ccccc1/C=C(\Cl)C(=O)O. The minimum Gasteiger partial charge on any atom is -0.503 e. The van der Waals surface area contributed by atoms with Gasteiger partial charge in [0.25, 0.3) is 0 Å². The molecule has 0 unspecified atom stereocenters. The van der Waals surface area contributed by atoms with E-state index < -0.39 is 11.9 Å². The number of carboxylic acid groups (broad SMARTS) is 1. The first-order valence-corrected chi connectivity index (χ1v) is 5.90. The van der Waals surface area contributed by atoms with Gasteiger partial charge in [-0.1, -0.05) is 35.9 Å². The quantitative estimate of drug-likeness (QED) is 0.513. The Morgan fingerprint density at radius 1 is 1.25 bits per heavy atom. The van der Waals surface area contributed by atoms with Gasteiger partial charge in [-0.2, -0.15) is 0 Å². The molecule has 1 aromatic rings. The van der Waals surface area contributed by atoms with Crippen LogP contribution in [0, 0.1) is 0 Å². The Hall–Kier alpha value is -2.27. The maximum atomic E-state index is 11.7. The number of aliphatic carboxylic acids is 1. The molecule has 0 fully saturated rings. The molecule has 0 aliphatic rings. The number of methoxy groups -OCH3 is 2. The molecule has 106 valence electrons. The first-order valence-electron chi connectivity index (χ1n) is 5.52. The highest BCUT2D eigenvalue weighted by Crippen LogP contribution is 2.23. The number of hydrogen-bond donors (Lipinski definition) is 1. The van der Waals surface area contributed by atoms with Crippen LogP contribution in [0.4, 0.5) is 0 Å². The summed E-state index contributed by atoms with van der Waals surface area (Å²) < 4.78 is 9.53. The smallest absolute Gasteiger partial charge is 0.347 e. The van der Waals surface area contributed by atoms with Crippen LogP contribution < -0.4 is 0 Å². The van der Waals surface area contributed by atoms with Crippen LogP contribution in [-0.4, -0.2) is 31.3 Å². The molecule has 0 aromatic heterocycles. The van der Waals surface area contributed by atoms with Crippen molar-refractivity contribution in [2.45, 2.75) is 0 Å². The van der Waals surface area contributed by atoms with Crippen molar-refractivity contribution in [3.05, 3.63) is 46.7 Å². The van der Waals surface area contributed by atoms with Crippen LogP contribution in [0.1, 0.15) is 11.1 Å². The van der Waals surface area contributed by atoms with Gasteiger partial charge >= 0.3 is 11.9 Å². The van der Waals surface area contributed by atoms with E-state index in [1.807, 2.05) is 0 Å². The summed E-state index contributed by atoms with van der Waals surface area (Å²) in [7, 11) is 2.64. The Bertz CT molecular complexity index is 575. The molecule has 1 N–H and O–H groups in total. The van der Waals surface area contributed by atoms with Gasteiger partial charge in [-0.25, -0.2) is 9.59 Å². The van der Waals surface area contributed by atoms with E-state index >= 15 is 0 Å². The van der Waals surface area contributed by atoms with Crippen molar-refractivity contribution in [2.75, 3.05) is 14.2 Å². The standard InChI is InChI=1S/C14H13ClO5/c1-19-8-11(14(18)20-2)10-6-4-3-5-9(10)7-12(15)13(16)17/h3-8H,1-2H3,(H,16,17)/b11-8+,12-7-. The van der Waals surface area contributed by atoms with Gasteiger partial charge in [0.15, 0.2) is 0 Å². The largest absolute Gasteiger partial charge is 0.503 e. The summed E-state index contributed by atoms with van der Waals surface area (Å²) in [6.45, 7) is 0. The van der Waals surface area contributed by atoms with Crippen LogP contribution in [0.5, 0.6) is 0 Å². The third-order valence-electron chi connectivity index (χ3n) is 2.38. The van der Waals surface area contributed by atoms with E-state index in [1.165, 1.54) is 26.6 Å². The topological polar surface area (TPSA) is 72.8 Å². The lowest BCUT2D eigenvalue weighted by Gasteiger charge is -2.09. The van der Waals surface area contributed by atoms with E-state index in [0.29, 0.717) is 11.1 Å². The molecule has 20 heavy (non-hydrogen) atoms. The number of carboxylic acids is 1. The van der Waals surface area contributed by atoms with Crippen molar-refractivity contribution in [3.63, 3.8) is 0 Å². The summed E-state index contributed by atoms with van der Waals surface area (Å²) in [4.78, 5) is 22.5. The van der Waals surface area contributed by atoms with Gasteiger partial charge < -0.3 is 14.6 Å². The first kappa shape index (κ1) is 15.8. The monoisotopic (exact) mass is 296 g/mol. The molecule has 5 nitrogen and oxygen atoms in total. The minimum atomic E-state index is -1.25. The van der Waals surface area contributed by atoms with Crippen LogP contribution in [0.3, 0.4) is 0 Å². The van der Waals surface area contributed by atoms with E-state index in [9.17, 15) is 9.59 Å². The van der Waals surface area contributed by atoms with Crippen molar-refractivity contribution in [2.24, 2.45) is 0 Å². The minimum absolute atomic E-state index is 0.164. The zero-order chi connectivity index (χ0) is 15.1. The summed E-state index contributed by atoms with van der Waals surface area (Å²) in [6, 6.07) is 6.67. The zero-order valence-electron chi connectivity index (χ0n) is 10.9. The van der Waals surface area contributed by atoms with Crippen molar-refractivity contribution in [3.8, 4) is 0 Å². The van der Waals surface area contributed by atoms with Crippen LogP contribution in [0.15, 0.2) is 35.6 Å². The van der Waals surface area contributed by atoms with Gasteiger partial charge in [0, 0.05) is 0 Å². The summed E-state index contributed by atoms with van der Waals surface area (Å²) >= 11 is 5.61. The van der Waals surface area contributed by atoms with Gasteiger partial charge in [0.05, 0.1) is 20.5 Å². The number of hydrogen-bond acceptors (Lipinski definition) is 4. The lowest BCUT2D eigenvalue weighted by Crippen LogP contribution is -2.06. The second-order valence-corrected chi connectivity index (χ2v) is 4.05. The van der Waals surface area contributed by atoms with E-state index in [0.717, 1.165) is 0 Å². The fraction of sp³-hybridized carbons (Fsp3) is 0.143. The Kier molecular flexibility index (Phi) is 5.80. The lowest BCUT2D eigenvalue weighted by molar-refractivity contribution is -0.134. The molecule has 1 aromatic carbocycles. The van der Waals surface area contributed by atoms with Crippen LogP contribution >= 0.6 is 11.6 Å². The molecule has 0 spiro atoms. The molecule has 0 aliphatic carbocycles. The molecule has 0 saturated carbocycles. The number of benzene rings is 1. The summed E-state index contributed by atoms with van der Waals surface area (Å²) in [5.74, 6) is -1.85. The van der Waals surface area contributed by atoms with Gasteiger partial charge in [-0.05, 0) is 17.2 Å². The predicted molar refractivity (Wildman–Crippen MR) is 74.9 cm³/mol. The fourth-order valence-electron chi connectivity index (χ4n) is 1.52. The number of esters is 1. The van der Waals surface area contributed by atoms with Crippen LogP contribution in [0.2, 0.25) is 0 Å². The number of halogens is 1. The molecule has 0 atom stereocenters. The Labute approximate surface area is 121 Å². The third-order valence-corrected chi connectivity index (χ3v) is 2.65. The zero-order valence-corrected chi connectivity index (χ0v) is 11.7. The highest BCUT2D eigenvalue weighted by Gasteiger charge is 2.16. The van der Waals surface area contributed by atoms with Crippen molar-refractivity contribution in [1.29, 1.82) is 0 Å². The molecular weight excluding hydrogens is 284 g/mol. The second-order valence-electron chi connectivity index (χ2n) is 3.64. The normalized spacial score (nSPS) is 11.9. The number of ether oxygens (including phenoxy) is 2. The van der Waals surface area contributed by atoms with Gasteiger partial charge in [0.1, 0.15) is 10.6 Å². The molecule has 0 aliphatic heterocycles. The summed E-state index contributed by atoms with van der Waals surface area (Å²) in [5.41, 5.74) is 1.09. The molecule has 0 radical (unpaired) electrons. The van der Waals surface area contributed by atoms with E-state index in [-0.39, 0.29) is 10.6 Å². The lowest BCUT2D eigenvalue weighted by atomic mass is 10.00. The number of carbonyl (C=O) groups excluding carboxylic acids is 1. The van der Waals surface area contributed by atoms with Crippen LogP contribution in [-0.2, 0) is 19.1 Å². The molecule has 0 saturated heterocycles. The van der Waals surface area contributed by atoms with Crippen molar-refractivity contribution >= 4 is 35.2 Å². The fourth-order valence-corrected chi connectivity index (χ4v) is 1.63. The maximum Gasteiger partial charge on any atom is 0.347 e. The Balaban J connectivity index is 3.38. The predicted octanol–water partition coefficient (Wildman–Crippen LogP) is 2.51. The molecule has 0 amide bonds. The average molecular weight is 297 g/mol. The van der Waals surface area contributed by atoms with E-state index in [4.69, 9.17) is 21.4 Å². The van der Waals surface area contributed by atoms with E-state index in [1.54, 1.807) is 24.3 Å². The number of rotatable bonds is 5. The van der Waals surface area contributed by atoms with Gasteiger partial charge in [0.2, 0.25) is 0 Å². The third kappa shape index (κ3) is 3.86. The van der Waals surface area contributed by atoms with Gasteiger partial charge in [-0.15, -0.1) is 0 Å². The highest BCUT2D eigenvalue weighted by molar-refractivity contribution is 6.43. The maximum absolute atomic E-state index is 11.7. The average Bonchev–Trinajstić information content (AvgIpc) is 2.44. The molecule has 0 heterocycles. The van der Waals surface area contributed by atoms with Crippen LogP contribution in [0.25, 0.3) is 11.6 Å². The second kappa shape index (κ2) is 7.35. The first-order chi connectivity index (χ1) is 9.51. The molecule has 1 rings (SSSR count).